The Bertz CT molecular complexity index is 924. The summed E-state index contributed by atoms with van der Waals surface area (Å²) in [5.74, 6) is 1.34. The molecular weight excluding hydrogens is 370 g/mol. The number of carbonyl (C=O) groups excluding carboxylic acids is 1. The Morgan fingerprint density at radius 2 is 1.70 bits per heavy atom. The molecule has 1 atom stereocenters. The minimum absolute atomic E-state index is 0.0551. The second-order valence-electron chi connectivity index (χ2n) is 6.23. The van der Waals surface area contributed by atoms with Gasteiger partial charge in [-0.15, -0.1) is 0 Å². The highest BCUT2D eigenvalue weighted by atomic mass is 32.2. The van der Waals surface area contributed by atoms with Crippen LogP contribution < -0.4 is 19.5 Å². The third-order valence-electron chi connectivity index (χ3n) is 4.32. The second kappa shape index (κ2) is 7.87. The van der Waals surface area contributed by atoms with Gasteiger partial charge < -0.3 is 19.5 Å². The van der Waals surface area contributed by atoms with Crippen LogP contribution in [0.2, 0.25) is 0 Å². The summed E-state index contributed by atoms with van der Waals surface area (Å²) >= 11 is 0. The van der Waals surface area contributed by atoms with Crippen molar-refractivity contribution in [1.82, 2.24) is 0 Å². The van der Waals surface area contributed by atoms with Crippen LogP contribution in [0.5, 0.6) is 23.0 Å². The molecule has 1 N–H and O–H groups in total. The fourth-order valence-electron chi connectivity index (χ4n) is 2.85. The summed E-state index contributed by atoms with van der Waals surface area (Å²) in [6, 6.07) is 12.1. The third-order valence-corrected chi connectivity index (χ3v) is 6.09. The summed E-state index contributed by atoms with van der Waals surface area (Å²) in [5.41, 5.74) is 0.508. The smallest absolute Gasteiger partial charge is 0.228 e. The zero-order chi connectivity index (χ0) is 19.4. The lowest BCUT2D eigenvalue weighted by molar-refractivity contribution is -0.119. The second-order valence-corrected chi connectivity index (χ2v) is 8.46. The van der Waals surface area contributed by atoms with E-state index in [1.165, 1.54) is 7.11 Å². The zero-order valence-electron chi connectivity index (χ0n) is 15.1. The molecule has 2 aromatic carbocycles. The van der Waals surface area contributed by atoms with Crippen molar-refractivity contribution in [1.29, 1.82) is 0 Å². The minimum Gasteiger partial charge on any atom is -0.497 e. The van der Waals surface area contributed by atoms with Gasteiger partial charge in [-0.2, -0.15) is 0 Å². The molecule has 1 aliphatic heterocycles. The molecule has 3 rings (SSSR count). The Morgan fingerprint density at radius 3 is 2.30 bits per heavy atom. The molecule has 0 saturated carbocycles. The van der Waals surface area contributed by atoms with Gasteiger partial charge in [-0.25, -0.2) is 8.42 Å². The summed E-state index contributed by atoms with van der Waals surface area (Å²) in [7, 11) is -0.00423. The molecule has 27 heavy (non-hydrogen) atoms. The number of carbonyl (C=O) groups is 1. The quantitative estimate of drug-likeness (QED) is 0.814. The molecule has 1 saturated heterocycles. The van der Waals surface area contributed by atoms with E-state index in [-0.39, 0.29) is 17.4 Å². The van der Waals surface area contributed by atoms with Crippen LogP contribution in [0.25, 0.3) is 0 Å². The third kappa shape index (κ3) is 4.71. The molecule has 144 valence electrons. The fourth-order valence-corrected chi connectivity index (χ4v) is 4.59. The van der Waals surface area contributed by atoms with Gasteiger partial charge in [0.05, 0.1) is 31.6 Å². The molecule has 0 aromatic heterocycles. The van der Waals surface area contributed by atoms with Crippen LogP contribution in [-0.2, 0) is 14.6 Å². The predicted molar refractivity (Wildman–Crippen MR) is 101 cm³/mol. The van der Waals surface area contributed by atoms with E-state index in [1.807, 2.05) is 0 Å². The standard InChI is InChI=1S/C19H21NO6S/c1-24-15-4-6-16(7-5-15)26-18-11-14(3-8-17(18)25-2)20-19(21)13-9-10-27(22,23)12-13/h3-8,11,13H,9-10,12H2,1-2H3,(H,20,21)/t13-/m0/s1. The predicted octanol–water partition coefficient (Wildman–Crippen LogP) is 2.87. The number of anilines is 1. The van der Waals surface area contributed by atoms with Crippen LogP contribution in [0.3, 0.4) is 0 Å². The van der Waals surface area contributed by atoms with Gasteiger partial charge in [0, 0.05) is 11.8 Å². The van der Waals surface area contributed by atoms with Crippen LogP contribution in [-0.4, -0.2) is 40.1 Å². The average Bonchev–Trinajstić information content (AvgIpc) is 3.03. The molecule has 1 fully saturated rings. The first kappa shape index (κ1) is 19.0. The van der Waals surface area contributed by atoms with Crippen molar-refractivity contribution in [3.05, 3.63) is 42.5 Å². The molecule has 0 aliphatic carbocycles. The van der Waals surface area contributed by atoms with E-state index < -0.39 is 15.8 Å². The number of benzene rings is 2. The van der Waals surface area contributed by atoms with Crippen molar-refractivity contribution in [2.24, 2.45) is 5.92 Å². The van der Waals surface area contributed by atoms with Crippen LogP contribution in [0, 0.1) is 5.92 Å². The molecule has 1 heterocycles. The Kier molecular flexibility index (Phi) is 5.55. The topological polar surface area (TPSA) is 90.9 Å². The van der Waals surface area contributed by atoms with E-state index in [9.17, 15) is 13.2 Å². The lowest BCUT2D eigenvalue weighted by Crippen LogP contribution is -2.23. The normalized spacial score (nSPS) is 17.9. The first-order valence-electron chi connectivity index (χ1n) is 8.41. The Balaban J connectivity index is 1.75. The van der Waals surface area contributed by atoms with Crippen molar-refractivity contribution < 1.29 is 27.4 Å². The Labute approximate surface area is 158 Å². The maximum absolute atomic E-state index is 12.3. The molecule has 0 radical (unpaired) electrons. The van der Waals surface area contributed by atoms with Crippen LogP contribution in [0.4, 0.5) is 5.69 Å². The molecule has 7 nitrogen and oxygen atoms in total. The number of methoxy groups -OCH3 is 2. The first-order chi connectivity index (χ1) is 12.9. The van der Waals surface area contributed by atoms with Gasteiger partial charge in [-0.05, 0) is 42.8 Å². The van der Waals surface area contributed by atoms with Crippen molar-refractivity contribution in [2.75, 3.05) is 31.0 Å². The van der Waals surface area contributed by atoms with Gasteiger partial charge in [0.15, 0.2) is 21.3 Å². The molecule has 8 heteroatoms. The highest BCUT2D eigenvalue weighted by Gasteiger charge is 2.33. The molecule has 0 spiro atoms. The van der Waals surface area contributed by atoms with Crippen LogP contribution in [0.15, 0.2) is 42.5 Å². The highest BCUT2D eigenvalue weighted by Crippen LogP contribution is 2.35. The molecule has 0 bridgehead atoms. The first-order valence-corrected chi connectivity index (χ1v) is 10.2. The summed E-state index contributed by atoms with van der Waals surface area (Å²) in [4.78, 5) is 12.3. The van der Waals surface area contributed by atoms with Gasteiger partial charge in [-0.1, -0.05) is 0 Å². The SMILES string of the molecule is COc1ccc(Oc2cc(NC(=O)[C@H]3CCS(=O)(=O)C3)ccc2OC)cc1. The minimum atomic E-state index is -3.11. The van der Waals surface area contributed by atoms with Gasteiger partial charge in [0.1, 0.15) is 11.5 Å². The summed E-state index contributed by atoms with van der Waals surface area (Å²) in [5, 5.41) is 2.76. The van der Waals surface area contributed by atoms with E-state index in [0.717, 1.165) is 0 Å². The lowest BCUT2D eigenvalue weighted by atomic mass is 10.1. The average molecular weight is 391 g/mol. The number of amides is 1. The number of ether oxygens (including phenoxy) is 3. The fraction of sp³-hybridized carbons (Fsp3) is 0.316. The Morgan fingerprint density at radius 1 is 1.00 bits per heavy atom. The Hall–Kier alpha value is -2.74. The maximum atomic E-state index is 12.3. The lowest BCUT2D eigenvalue weighted by Gasteiger charge is -2.14. The zero-order valence-corrected chi connectivity index (χ0v) is 15.9. The molecular formula is C19H21NO6S. The van der Waals surface area contributed by atoms with Gasteiger partial charge in [0.25, 0.3) is 0 Å². The van der Waals surface area contributed by atoms with Crippen molar-refractivity contribution in [3.8, 4) is 23.0 Å². The van der Waals surface area contributed by atoms with Gasteiger partial charge in [0.2, 0.25) is 5.91 Å². The number of nitrogens with one attached hydrogen (secondary N) is 1. The monoisotopic (exact) mass is 391 g/mol. The summed E-state index contributed by atoms with van der Waals surface area (Å²) < 4.78 is 39.4. The van der Waals surface area contributed by atoms with E-state index in [4.69, 9.17) is 14.2 Å². The molecule has 1 aliphatic rings. The number of hydrogen-bond acceptors (Lipinski definition) is 6. The van der Waals surface area contributed by atoms with E-state index in [0.29, 0.717) is 35.1 Å². The van der Waals surface area contributed by atoms with Gasteiger partial charge in [-0.3, -0.25) is 4.79 Å². The largest absolute Gasteiger partial charge is 0.497 e. The highest BCUT2D eigenvalue weighted by molar-refractivity contribution is 7.91. The van der Waals surface area contributed by atoms with Gasteiger partial charge >= 0.3 is 0 Å². The van der Waals surface area contributed by atoms with Crippen molar-refractivity contribution >= 4 is 21.4 Å². The summed E-state index contributed by atoms with van der Waals surface area (Å²) in [6.45, 7) is 0. The van der Waals surface area contributed by atoms with Crippen molar-refractivity contribution in [2.45, 2.75) is 6.42 Å². The van der Waals surface area contributed by atoms with E-state index >= 15 is 0 Å². The maximum Gasteiger partial charge on any atom is 0.228 e. The summed E-state index contributed by atoms with van der Waals surface area (Å²) in [6.07, 6.45) is 0.347. The van der Waals surface area contributed by atoms with Crippen molar-refractivity contribution in [3.63, 3.8) is 0 Å². The number of rotatable bonds is 6. The van der Waals surface area contributed by atoms with Crippen LogP contribution in [0.1, 0.15) is 6.42 Å². The number of hydrogen-bond donors (Lipinski definition) is 1. The van der Waals surface area contributed by atoms with E-state index in [2.05, 4.69) is 5.32 Å². The van der Waals surface area contributed by atoms with Crippen LogP contribution >= 0.6 is 0 Å². The molecule has 2 aromatic rings. The molecule has 1 amide bonds. The molecule has 0 unspecified atom stereocenters. The van der Waals surface area contributed by atoms with E-state index in [1.54, 1.807) is 49.6 Å². The number of sulfone groups is 1.